The molecule has 4 nitrogen and oxygen atoms in total. The van der Waals surface area contributed by atoms with Gasteiger partial charge in [-0.15, -0.1) is 0 Å². The van der Waals surface area contributed by atoms with Crippen LogP contribution >= 0.6 is 0 Å². The first-order chi connectivity index (χ1) is 9.17. The van der Waals surface area contributed by atoms with Crippen molar-refractivity contribution in [2.24, 2.45) is 0 Å². The minimum atomic E-state index is -0.439. The molecule has 0 aliphatic carbocycles. The van der Waals surface area contributed by atoms with Gasteiger partial charge in [0.25, 0.3) is 0 Å². The van der Waals surface area contributed by atoms with Crippen molar-refractivity contribution in [3.63, 3.8) is 0 Å². The third-order valence-corrected chi connectivity index (χ3v) is 2.41. The Bertz CT molecular complexity index is 579. The van der Waals surface area contributed by atoms with E-state index in [-0.39, 0.29) is 5.82 Å². The molecule has 0 heterocycles. The van der Waals surface area contributed by atoms with Crippen molar-refractivity contribution in [1.82, 2.24) is 0 Å². The van der Waals surface area contributed by atoms with Gasteiger partial charge in [-0.3, -0.25) is 4.79 Å². The lowest BCUT2D eigenvalue weighted by atomic mass is 10.2. The van der Waals surface area contributed by atoms with Crippen LogP contribution in [0.2, 0.25) is 0 Å². The van der Waals surface area contributed by atoms with E-state index < -0.39 is 6.03 Å². The second-order valence-electron chi connectivity index (χ2n) is 3.83. The number of nitrogens with one attached hydrogen (secondary N) is 2. The van der Waals surface area contributed by atoms with Gasteiger partial charge in [0.2, 0.25) is 0 Å². The summed E-state index contributed by atoms with van der Waals surface area (Å²) in [6, 6.07) is 11.4. The SMILES string of the molecule is O=Cc1ccc(NC(=O)Nc2ccc(F)cc2)cc1. The molecule has 96 valence electrons. The topological polar surface area (TPSA) is 58.2 Å². The first-order valence-corrected chi connectivity index (χ1v) is 5.56. The fraction of sp³-hybridized carbons (Fsp3) is 0. The number of halogens is 1. The van der Waals surface area contributed by atoms with Gasteiger partial charge in [0, 0.05) is 16.9 Å². The number of amides is 2. The van der Waals surface area contributed by atoms with Crippen molar-refractivity contribution in [2.75, 3.05) is 10.6 Å². The molecule has 0 saturated carbocycles. The number of urea groups is 1. The fourth-order valence-electron chi connectivity index (χ4n) is 1.47. The molecular formula is C14H11FN2O2. The lowest BCUT2D eigenvalue weighted by molar-refractivity contribution is 0.112. The highest BCUT2D eigenvalue weighted by atomic mass is 19.1. The van der Waals surface area contributed by atoms with Crippen LogP contribution in [0, 0.1) is 5.82 Å². The predicted octanol–water partition coefficient (Wildman–Crippen LogP) is 3.28. The minimum Gasteiger partial charge on any atom is -0.308 e. The van der Waals surface area contributed by atoms with Gasteiger partial charge in [-0.2, -0.15) is 0 Å². The lowest BCUT2D eigenvalue weighted by Gasteiger charge is -2.07. The molecule has 0 atom stereocenters. The third kappa shape index (κ3) is 3.64. The van der Waals surface area contributed by atoms with Gasteiger partial charge in [0.1, 0.15) is 12.1 Å². The first kappa shape index (κ1) is 12.8. The van der Waals surface area contributed by atoms with Crippen LogP contribution in [0.3, 0.4) is 0 Å². The van der Waals surface area contributed by atoms with Gasteiger partial charge in [-0.25, -0.2) is 9.18 Å². The zero-order valence-electron chi connectivity index (χ0n) is 9.89. The number of anilines is 2. The van der Waals surface area contributed by atoms with Gasteiger partial charge in [-0.1, -0.05) is 0 Å². The van der Waals surface area contributed by atoms with Crippen LogP contribution in [0.25, 0.3) is 0 Å². The van der Waals surface area contributed by atoms with Gasteiger partial charge < -0.3 is 10.6 Å². The average Bonchev–Trinajstić information content (AvgIpc) is 2.42. The summed E-state index contributed by atoms with van der Waals surface area (Å²) in [7, 11) is 0. The van der Waals surface area contributed by atoms with Crippen molar-refractivity contribution in [1.29, 1.82) is 0 Å². The average molecular weight is 258 g/mol. The summed E-state index contributed by atoms with van der Waals surface area (Å²) in [4.78, 5) is 22.1. The smallest absolute Gasteiger partial charge is 0.308 e. The maximum Gasteiger partial charge on any atom is 0.323 e. The van der Waals surface area contributed by atoms with E-state index >= 15 is 0 Å². The van der Waals surface area contributed by atoms with Gasteiger partial charge in [0.05, 0.1) is 0 Å². The number of aldehydes is 1. The Kier molecular flexibility index (Phi) is 3.87. The highest BCUT2D eigenvalue weighted by Gasteiger charge is 2.02. The zero-order chi connectivity index (χ0) is 13.7. The van der Waals surface area contributed by atoms with E-state index in [1.165, 1.54) is 24.3 Å². The molecule has 2 N–H and O–H groups in total. The molecular weight excluding hydrogens is 247 g/mol. The molecule has 0 fully saturated rings. The molecule has 2 rings (SSSR count). The normalized spacial score (nSPS) is 9.74. The van der Waals surface area contributed by atoms with Crippen LogP contribution in [-0.2, 0) is 0 Å². The molecule has 0 spiro atoms. The lowest BCUT2D eigenvalue weighted by Crippen LogP contribution is -2.19. The van der Waals surface area contributed by atoms with Crippen LogP contribution in [0.5, 0.6) is 0 Å². The Morgan fingerprint density at radius 1 is 0.895 bits per heavy atom. The van der Waals surface area contributed by atoms with E-state index in [2.05, 4.69) is 10.6 Å². The summed E-state index contributed by atoms with van der Waals surface area (Å²) in [5.74, 6) is -0.365. The van der Waals surface area contributed by atoms with Crippen molar-refractivity contribution in [3.05, 3.63) is 59.9 Å². The van der Waals surface area contributed by atoms with E-state index in [9.17, 15) is 14.0 Å². The highest BCUT2D eigenvalue weighted by molar-refractivity contribution is 5.99. The standard InChI is InChI=1S/C14H11FN2O2/c15-11-3-7-13(8-4-11)17-14(19)16-12-5-1-10(9-18)2-6-12/h1-9H,(H2,16,17,19). The summed E-state index contributed by atoms with van der Waals surface area (Å²) in [6.45, 7) is 0. The Morgan fingerprint density at radius 2 is 1.37 bits per heavy atom. The molecule has 0 aliphatic rings. The van der Waals surface area contributed by atoms with Crippen LogP contribution in [0.15, 0.2) is 48.5 Å². The fourth-order valence-corrected chi connectivity index (χ4v) is 1.47. The van der Waals surface area contributed by atoms with Crippen LogP contribution in [-0.4, -0.2) is 12.3 Å². The zero-order valence-corrected chi connectivity index (χ0v) is 9.89. The number of carbonyl (C=O) groups excluding carboxylic acids is 2. The number of carbonyl (C=O) groups is 2. The quantitative estimate of drug-likeness (QED) is 0.830. The molecule has 0 aliphatic heterocycles. The number of benzene rings is 2. The molecule has 0 aromatic heterocycles. The molecule has 2 amide bonds. The maximum absolute atomic E-state index is 12.7. The number of rotatable bonds is 3. The van der Waals surface area contributed by atoms with E-state index in [1.54, 1.807) is 24.3 Å². The van der Waals surface area contributed by atoms with Crippen LogP contribution < -0.4 is 10.6 Å². The van der Waals surface area contributed by atoms with E-state index in [1.807, 2.05) is 0 Å². The minimum absolute atomic E-state index is 0.365. The second-order valence-corrected chi connectivity index (χ2v) is 3.83. The van der Waals surface area contributed by atoms with Crippen LogP contribution in [0.4, 0.5) is 20.6 Å². The van der Waals surface area contributed by atoms with Crippen molar-refractivity contribution < 1.29 is 14.0 Å². The highest BCUT2D eigenvalue weighted by Crippen LogP contribution is 2.11. The monoisotopic (exact) mass is 258 g/mol. The van der Waals surface area contributed by atoms with E-state index in [0.29, 0.717) is 16.9 Å². The summed E-state index contributed by atoms with van der Waals surface area (Å²) in [5.41, 5.74) is 1.58. The van der Waals surface area contributed by atoms with Crippen molar-refractivity contribution >= 4 is 23.7 Å². The molecule has 5 heteroatoms. The van der Waals surface area contributed by atoms with Gasteiger partial charge >= 0.3 is 6.03 Å². The second kappa shape index (κ2) is 5.77. The number of hydrogen-bond donors (Lipinski definition) is 2. The Labute approximate surface area is 109 Å². The largest absolute Gasteiger partial charge is 0.323 e. The summed E-state index contributed by atoms with van der Waals surface area (Å²) in [6.07, 6.45) is 0.725. The molecule has 19 heavy (non-hydrogen) atoms. The molecule has 2 aromatic carbocycles. The summed E-state index contributed by atoms with van der Waals surface area (Å²) < 4.78 is 12.7. The molecule has 2 aromatic rings. The van der Waals surface area contributed by atoms with Crippen LogP contribution in [0.1, 0.15) is 10.4 Å². The summed E-state index contributed by atoms with van der Waals surface area (Å²) in [5, 5.41) is 5.16. The van der Waals surface area contributed by atoms with Crippen molar-refractivity contribution in [2.45, 2.75) is 0 Å². The Hall–Kier alpha value is -2.69. The van der Waals surface area contributed by atoms with Gasteiger partial charge in [0.15, 0.2) is 0 Å². The number of hydrogen-bond acceptors (Lipinski definition) is 2. The van der Waals surface area contributed by atoms with E-state index in [4.69, 9.17) is 0 Å². The molecule has 0 unspecified atom stereocenters. The molecule has 0 radical (unpaired) electrons. The Balaban J connectivity index is 1.96. The van der Waals surface area contributed by atoms with E-state index in [0.717, 1.165) is 6.29 Å². The molecule has 0 bridgehead atoms. The third-order valence-electron chi connectivity index (χ3n) is 2.41. The maximum atomic E-state index is 12.7. The summed E-state index contributed by atoms with van der Waals surface area (Å²) >= 11 is 0. The predicted molar refractivity (Wildman–Crippen MR) is 70.9 cm³/mol. The molecule has 0 saturated heterocycles. The van der Waals surface area contributed by atoms with Crippen molar-refractivity contribution in [3.8, 4) is 0 Å². The first-order valence-electron chi connectivity index (χ1n) is 5.56. The Morgan fingerprint density at radius 3 is 1.84 bits per heavy atom. The van der Waals surface area contributed by atoms with Gasteiger partial charge in [-0.05, 0) is 48.5 Å².